The number of benzene rings is 2. The molecule has 0 saturated heterocycles. The SMILES string of the molecule is COC(=O)c1ccccc1SC1=[C](N(C)C(=O)OC(C)(C)C)[In]([CH2]c2cc(F)cc(F)c2)[CH]=C1. The van der Waals surface area contributed by atoms with Crippen molar-refractivity contribution >= 4 is 45.3 Å². The number of carbonyl (C=O) groups excluding carboxylic acids is 2. The number of methoxy groups -OCH3 is 1. The summed E-state index contributed by atoms with van der Waals surface area (Å²) in [6.07, 6.45) is 1.43. The molecule has 1 amide bonds. The van der Waals surface area contributed by atoms with E-state index in [0.29, 0.717) is 20.2 Å². The van der Waals surface area contributed by atoms with Gasteiger partial charge in [-0.25, -0.2) is 0 Å². The Bertz CT molecular complexity index is 1140. The van der Waals surface area contributed by atoms with E-state index >= 15 is 0 Å². The Morgan fingerprint density at radius 2 is 1.74 bits per heavy atom. The molecule has 0 bridgehead atoms. The van der Waals surface area contributed by atoms with Crippen LogP contribution in [0.2, 0.25) is 0 Å². The molecule has 0 saturated carbocycles. The fourth-order valence-corrected chi connectivity index (χ4v) is 14.4. The van der Waals surface area contributed by atoms with E-state index < -0.39 is 50.7 Å². The van der Waals surface area contributed by atoms with E-state index in [0.717, 1.165) is 14.4 Å². The molecule has 0 unspecified atom stereocenters. The maximum absolute atomic E-state index is 13.8. The monoisotopic (exact) mass is 589 g/mol. The van der Waals surface area contributed by atoms with Crippen LogP contribution in [0.25, 0.3) is 0 Å². The Morgan fingerprint density at radius 1 is 1.09 bits per heavy atom. The second-order valence-electron chi connectivity index (χ2n) is 8.83. The number of amides is 1. The van der Waals surface area contributed by atoms with Crippen molar-refractivity contribution < 1.29 is 27.8 Å². The molecule has 1 aliphatic heterocycles. The average molecular weight is 589 g/mol. The number of rotatable bonds is 6. The van der Waals surface area contributed by atoms with Crippen molar-refractivity contribution in [3.8, 4) is 0 Å². The van der Waals surface area contributed by atoms with Crippen molar-refractivity contribution in [3.63, 3.8) is 0 Å². The van der Waals surface area contributed by atoms with Crippen LogP contribution in [0, 0.1) is 11.6 Å². The van der Waals surface area contributed by atoms with Gasteiger partial charge in [0.25, 0.3) is 0 Å². The molecule has 2 aromatic rings. The molecule has 0 fully saturated rings. The normalized spacial score (nSPS) is 13.3. The van der Waals surface area contributed by atoms with Crippen molar-refractivity contribution in [1.29, 1.82) is 0 Å². The first-order valence-corrected chi connectivity index (χ1v) is 17.4. The summed E-state index contributed by atoms with van der Waals surface area (Å²) in [5, 5.41) is 0. The number of allylic oxidation sites excluding steroid dienone is 1. The van der Waals surface area contributed by atoms with Gasteiger partial charge in [-0.3, -0.25) is 0 Å². The average Bonchev–Trinajstić information content (AvgIpc) is 3.12. The van der Waals surface area contributed by atoms with Crippen LogP contribution in [0.1, 0.15) is 36.7 Å². The molecule has 5 nitrogen and oxygen atoms in total. The van der Waals surface area contributed by atoms with E-state index in [1.165, 1.54) is 35.9 Å². The summed E-state index contributed by atoms with van der Waals surface area (Å²) in [6.45, 7) is 5.37. The summed E-state index contributed by atoms with van der Waals surface area (Å²) >= 11 is -1.55. The van der Waals surface area contributed by atoms with Crippen molar-refractivity contribution in [3.05, 3.63) is 83.5 Å². The number of nitrogens with zero attached hydrogens (tertiary/aromatic N) is 1. The van der Waals surface area contributed by atoms with Crippen LogP contribution in [0.4, 0.5) is 13.6 Å². The van der Waals surface area contributed by atoms with E-state index in [2.05, 4.69) is 3.83 Å². The zero-order chi connectivity index (χ0) is 25.0. The topological polar surface area (TPSA) is 55.8 Å². The Hall–Kier alpha value is -2.26. The van der Waals surface area contributed by atoms with Crippen molar-refractivity contribution in [2.45, 2.75) is 35.4 Å². The number of hydrogen-bond acceptors (Lipinski definition) is 5. The third kappa shape index (κ3) is 6.66. The van der Waals surface area contributed by atoms with Crippen LogP contribution in [-0.2, 0) is 13.7 Å². The first-order chi connectivity index (χ1) is 16.0. The van der Waals surface area contributed by atoms with E-state index in [1.807, 2.05) is 18.2 Å². The predicted molar refractivity (Wildman–Crippen MR) is 130 cm³/mol. The van der Waals surface area contributed by atoms with Gasteiger partial charge in [0.15, 0.2) is 0 Å². The molecule has 0 atom stereocenters. The number of thioether (sulfide) groups is 1. The van der Waals surface area contributed by atoms with Crippen molar-refractivity contribution in [2.75, 3.05) is 14.2 Å². The van der Waals surface area contributed by atoms with E-state index in [-0.39, 0.29) is 0 Å². The zero-order valence-electron chi connectivity index (χ0n) is 19.7. The standard InChI is InChI=1S/C18H21NO4S.C7H5F2.In/c1-7-13(12-19(5)17(21)23-18(2,3)4)24-15-11-9-8-10-14(15)16(20)22-6;1-5-2-6(8)4-7(9)3-5;/h1,7-11H,2-6H3;2-4H,1H2;. The molecule has 0 aliphatic carbocycles. The number of esters is 1. The van der Waals surface area contributed by atoms with Gasteiger partial charge >= 0.3 is 211 Å². The second-order valence-corrected chi connectivity index (χ2v) is 17.2. The van der Waals surface area contributed by atoms with Gasteiger partial charge in [0, 0.05) is 0 Å². The van der Waals surface area contributed by atoms with E-state index in [4.69, 9.17) is 9.47 Å². The van der Waals surface area contributed by atoms with Gasteiger partial charge < -0.3 is 0 Å². The first-order valence-electron chi connectivity index (χ1n) is 10.7. The Labute approximate surface area is 210 Å². The fourth-order valence-electron chi connectivity index (χ4n) is 3.59. The van der Waals surface area contributed by atoms with Crippen LogP contribution in [0.3, 0.4) is 0 Å². The second kappa shape index (κ2) is 11.0. The molecule has 0 aromatic heterocycles. The number of hydrogen-bond donors (Lipinski definition) is 0. The van der Waals surface area contributed by atoms with E-state index in [1.54, 1.807) is 40.0 Å². The van der Waals surface area contributed by atoms with Gasteiger partial charge in [0.2, 0.25) is 0 Å². The minimum absolute atomic E-state index is 0.418. The Balaban J connectivity index is 2.00. The molecule has 178 valence electrons. The third-order valence-electron chi connectivity index (χ3n) is 5.00. The van der Waals surface area contributed by atoms with Gasteiger partial charge in [0.1, 0.15) is 0 Å². The molecule has 3 rings (SSSR count). The third-order valence-corrected chi connectivity index (χ3v) is 15.2. The summed E-state index contributed by atoms with van der Waals surface area (Å²) in [4.78, 5) is 28.2. The predicted octanol–water partition coefficient (Wildman–Crippen LogP) is 5.85. The zero-order valence-corrected chi connectivity index (χ0v) is 23.8. The van der Waals surface area contributed by atoms with Gasteiger partial charge in [-0.15, -0.1) is 0 Å². The molecule has 2 aromatic carbocycles. The van der Waals surface area contributed by atoms with Crippen LogP contribution in [0.5, 0.6) is 0 Å². The molecule has 0 N–H and O–H groups in total. The first kappa shape index (κ1) is 26.3. The Morgan fingerprint density at radius 3 is 2.35 bits per heavy atom. The molecule has 1 heterocycles. The van der Waals surface area contributed by atoms with Gasteiger partial charge in [-0.05, 0) is 0 Å². The van der Waals surface area contributed by atoms with Crippen molar-refractivity contribution in [1.82, 2.24) is 4.90 Å². The fraction of sp³-hybridized carbons (Fsp3) is 0.280. The summed E-state index contributed by atoms with van der Waals surface area (Å²) < 4.78 is 41.5. The molecular weight excluding hydrogens is 563 g/mol. The van der Waals surface area contributed by atoms with Crippen molar-refractivity contribution in [2.24, 2.45) is 0 Å². The summed E-state index contributed by atoms with van der Waals surface area (Å²) in [7, 11) is 2.98. The summed E-state index contributed by atoms with van der Waals surface area (Å²) in [5.74, 6) is -1.71. The maximum atomic E-state index is 13.8. The number of halogens is 2. The molecular formula is C25H26F2InNO4S. The quantitative estimate of drug-likeness (QED) is 0.396. The molecule has 9 heteroatoms. The molecule has 0 radical (unpaired) electrons. The molecule has 34 heavy (non-hydrogen) atoms. The van der Waals surface area contributed by atoms with Gasteiger partial charge in [-0.2, -0.15) is 0 Å². The number of ether oxygens (including phenoxy) is 2. The molecule has 0 spiro atoms. The Kier molecular flexibility index (Phi) is 8.52. The minimum atomic E-state index is -2.91. The molecule has 1 aliphatic rings. The van der Waals surface area contributed by atoms with Gasteiger partial charge in [-0.1, -0.05) is 0 Å². The van der Waals surface area contributed by atoms with Crippen LogP contribution < -0.4 is 0 Å². The van der Waals surface area contributed by atoms with Crippen LogP contribution in [0.15, 0.2) is 65.6 Å². The summed E-state index contributed by atoms with van der Waals surface area (Å²) in [5.41, 5.74) is 0.291. The van der Waals surface area contributed by atoms with Gasteiger partial charge in [0.05, 0.1) is 0 Å². The van der Waals surface area contributed by atoms with Crippen LogP contribution in [-0.4, -0.2) is 58.2 Å². The number of carbonyl (C=O) groups is 2. The summed E-state index contributed by atoms with van der Waals surface area (Å²) in [6, 6.07) is 10.6. The van der Waals surface area contributed by atoms with E-state index in [9.17, 15) is 18.4 Å². The van der Waals surface area contributed by atoms with Crippen LogP contribution >= 0.6 is 11.8 Å².